The second-order valence-electron chi connectivity index (χ2n) is 3.06. The van der Waals surface area contributed by atoms with Crippen molar-refractivity contribution in [2.75, 3.05) is 23.7 Å². The highest BCUT2D eigenvalue weighted by Gasteiger charge is 2.30. The molecule has 0 spiro atoms. The molecule has 1 aromatic rings. The van der Waals surface area contributed by atoms with Crippen molar-refractivity contribution < 1.29 is 13.2 Å². The molecule has 0 fully saturated rings. The van der Waals surface area contributed by atoms with Crippen molar-refractivity contribution in [3.05, 3.63) is 18.5 Å². The monoisotopic (exact) mass is 219 g/mol. The van der Waals surface area contributed by atoms with Crippen molar-refractivity contribution in [2.45, 2.75) is 13.1 Å². The Morgan fingerprint density at radius 2 is 2.13 bits per heavy atom. The molecule has 6 heteroatoms. The minimum absolute atomic E-state index is 0.244. The number of nitrogens with zero attached hydrogens (tertiary/aromatic N) is 2. The average Bonchev–Trinajstić information content (AvgIpc) is 2.14. The summed E-state index contributed by atoms with van der Waals surface area (Å²) >= 11 is 0. The zero-order valence-electron chi connectivity index (χ0n) is 8.25. The van der Waals surface area contributed by atoms with E-state index in [4.69, 9.17) is 5.73 Å². The largest absolute Gasteiger partial charge is 0.405 e. The van der Waals surface area contributed by atoms with Gasteiger partial charge in [-0.1, -0.05) is 0 Å². The van der Waals surface area contributed by atoms with Gasteiger partial charge in [0, 0.05) is 12.7 Å². The molecule has 0 radical (unpaired) electrons. The highest BCUT2D eigenvalue weighted by molar-refractivity contribution is 5.65. The quantitative estimate of drug-likeness (QED) is 0.846. The van der Waals surface area contributed by atoms with E-state index in [1.165, 1.54) is 18.5 Å². The van der Waals surface area contributed by atoms with Crippen LogP contribution in [0, 0.1) is 0 Å². The van der Waals surface area contributed by atoms with E-state index in [1.807, 2.05) is 0 Å². The molecule has 84 valence electrons. The predicted molar refractivity (Wildman–Crippen MR) is 52.6 cm³/mol. The summed E-state index contributed by atoms with van der Waals surface area (Å²) in [6, 6.07) is 1.48. The first-order valence-electron chi connectivity index (χ1n) is 4.45. The summed E-state index contributed by atoms with van der Waals surface area (Å²) in [7, 11) is 0. The van der Waals surface area contributed by atoms with Gasteiger partial charge in [-0.05, 0) is 13.0 Å². The van der Waals surface area contributed by atoms with Crippen LogP contribution in [0.5, 0.6) is 0 Å². The Kier molecular flexibility index (Phi) is 3.39. The Bertz CT molecular complexity index is 325. The smallest absolute Gasteiger partial charge is 0.396 e. The first-order valence-corrected chi connectivity index (χ1v) is 4.45. The van der Waals surface area contributed by atoms with Gasteiger partial charge in [-0.3, -0.25) is 4.98 Å². The highest BCUT2D eigenvalue weighted by atomic mass is 19.4. The molecule has 0 saturated carbocycles. The molecule has 0 amide bonds. The number of anilines is 2. The normalized spacial score (nSPS) is 11.5. The molecule has 15 heavy (non-hydrogen) atoms. The summed E-state index contributed by atoms with van der Waals surface area (Å²) in [5.41, 5.74) is 6.16. The van der Waals surface area contributed by atoms with Gasteiger partial charge in [-0.15, -0.1) is 0 Å². The van der Waals surface area contributed by atoms with E-state index in [0.717, 1.165) is 4.90 Å². The van der Waals surface area contributed by atoms with Gasteiger partial charge in [0.15, 0.2) is 0 Å². The minimum Gasteiger partial charge on any atom is -0.396 e. The molecule has 1 rings (SSSR count). The molecular weight excluding hydrogens is 207 g/mol. The Morgan fingerprint density at radius 3 is 2.60 bits per heavy atom. The van der Waals surface area contributed by atoms with Crippen LogP contribution in [0.1, 0.15) is 6.92 Å². The van der Waals surface area contributed by atoms with Gasteiger partial charge in [0.25, 0.3) is 0 Å². The number of nitrogens with two attached hydrogens (primary N) is 1. The lowest BCUT2D eigenvalue weighted by molar-refractivity contribution is -0.119. The Hall–Kier alpha value is -1.46. The molecule has 0 aliphatic rings. The molecule has 1 aromatic heterocycles. The van der Waals surface area contributed by atoms with Gasteiger partial charge in [-0.2, -0.15) is 13.2 Å². The first kappa shape index (κ1) is 11.6. The van der Waals surface area contributed by atoms with E-state index < -0.39 is 12.7 Å². The Labute approximate surface area is 85.7 Å². The van der Waals surface area contributed by atoms with Crippen LogP contribution in [0.3, 0.4) is 0 Å². The lowest BCUT2D eigenvalue weighted by atomic mass is 10.3. The van der Waals surface area contributed by atoms with Crippen molar-refractivity contribution in [2.24, 2.45) is 0 Å². The maximum atomic E-state index is 12.2. The fourth-order valence-corrected chi connectivity index (χ4v) is 1.27. The van der Waals surface area contributed by atoms with Crippen molar-refractivity contribution >= 4 is 11.4 Å². The summed E-state index contributed by atoms with van der Waals surface area (Å²) < 4.78 is 36.6. The second kappa shape index (κ2) is 4.37. The summed E-state index contributed by atoms with van der Waals surface area (Å²) in [5, 5.41) is 0. The van der Waals surface area contributed by atoms with E-state index in [1.54, 1.807) is 6.92 Å². The Balaban J connectivity index is 2.88. The van der Waals surface area contributed by atoms with Crippen molar-refractivity contribution in [3.8, 4) is 0 Å². The number of hydrogen-bond acceptors (Lipinski definition) is 3. The second-order valence-corrected chi connectivity index (χ2v) is 3.06. The van der Waals surface area contributed by atoms with Crippen LogP contribution in [0.4, 0.5) is 24.5 Å². The maximum Gasteiger partial charge on any atom is 0.405 e. The molecule has 2 N–H and O–H groups in total. The van der Waals surface area contributed by atoms with E-state index in [9.17, 15) is 13.2 Å². The van der Waals surface area contributed by atoms with Crippen LogP contribution in [-0.2, 0) is 0 Å². The lowest BCUT2D eigenvalue weighted by Gasteiger charge is -2.25. The van der Waals surface area contributed by atoms with E-state index in [2.05, 4.69) is 4.98 Å². The molecule has 3 nitrogen and oxygen atoms in total. The van der Waals surface area contributed by atoms with Gasteiger partial charge in [0.2, 0.25) is 0 Å². The molecule has 1 heterocycles. The number of nitrogen functional groups attached to an aromatic ring is 1. The molecule has 0 aliphatic heterocycles. The molecule has 0 aromatic carbocycles. The van der Waals surface area contributed by atoms with E-state index >= 15 is 0 Å². The number of rotatable bonds is 3. The number of halogens is 3. The molecule has 0 saturated heterocycles. The lowest BCUT2D eigenvalue weighted by Crippen LogP contribution is -2.34. The third-order valence-corrected chi connectivity index (χ3v) is 1.92. The minimum atomic E-state index is -4.23. The fourth-order valence-electron chi connectivity index (χ4n) is 1.27. The Morgan fingerprint density at radius 1 is 1.47 bits per heavy atom. The molecule has 0 aliphatic carbocycles. The topological polar surface area (TPSA) is 42.2 Å². The number of hydrogen-bond donors (Lipinski definition) is 1. The standard InChI is InChI=1S/C9H12F3N3/c1-2-15(6-9(10,11)12)8-3-4-14-5-7(8)13/h3-5H,2,6,13H2,1H3. The van der Waals surface area contributed by atoms with E-state index in [-0.39, 0.29) is 12.2 Å². The molecule has 0 bridgehead atoms. The molecule has 0 atom stereocenters. The summed E-state index contributed by atoms with van der Waals surface area (Å²) in [4.78, 5) is 4.89. The van der Waals surface area contributed by atoms with Crippen LogP contribution in [-0.4, -0.2) is 24.2 Å². The van der Waals surface area contributed by atoms with Gasteiger partial charge < -0.3 is 10.6 Å². The third-order valence-electron chi connectivity index (χ3n) is 1.92. The number of alkyl halides is 3. The number of pyridine rings is 1. The first-order chi connectivity index (χ1) is 6.94. The van der Waals surface area contributed by atoms with E-state index in [0.29, 0.717) is 5.69 Å². The van der Waals surface area contributed by atoms with Gasteiger partial charge in [0.1, 0.15) is 6.54 Å². The fraction of sp³-hybridized carbons (Fsp3) is 0.444. The van der Waals surface area contributed by atoms with Gasteiger partial charge >= 0.3 is 6.18 Å². The molecule has 0 unspecified atom stereocenters. The SMILES string of the molecule is CCN(CC(F)(F)F)c1ccncc1N. The van der Waals surface area contributed by atoms with Crippen molar-refractivity contribution in [1.82, 2.24) is 4.98 Å². The van der Waals surface area contributed by atoms with Gasteiger partial charge in [0.05, 0.1) is 17.6 Å². The van der Waals surface area contributed by atoms with Crippen LogP contribution in [0.25, 0.3) is 0 Å². The predicted octanol–water partition coefficient (Wildman–Crippen LogP) is 2.05. The highest BCUT2D eigenvalue weighted by Crippen LogP contribution is 2.25. The summed E-state index contributed by atoms with van der Waals surface area (Å²) in [6.45, 7) is 0.886. The average molecular weight is 219 g/mol. The van der Waals surface area contributed by atoms with Crippen molar-refractivity contribution in [1.29, 1.82) is 0 Å². The third kappa shape index (κ3) is 3.30. The van der Waals surface area contributed by atoms with Crippen LogP contribution >= 0.6 is 0 Å². The maximum absolute atomic E-state index is 12.2. The number of aromatic nitrogens is 1. The zero-order chi connectivity index (χ0) is 11.5. The van der Waals surface area contributed by atoms with Crippen LogP contribution in [0.2, 0.25) is 0 Å². The summed E-state index contributed by atoms with van der Waals surface area (Å²) in [6.07, 6.45) is -1.47. The molecular formula is C9H12F3N3. The summed E-state index contributed by atoms with van der Waals surface area (Å²) in [5.74, 6) is 0. The zero-order valence-corrected chi connectivity index (χ0v) is 8.25. The van der Waals surface area contributed by atoms with Gasteiger partial charge in [-0.25, -0.2) is 0 Å². The van der Waals surface area contributed by atoms with Crippen molar-refractivity contribution in [3.63, 3.8) is 0 Å². The van der Waals surface area contributed by atoms with Crippen LogP contribution in [0.15, 0.2) is 18.5 Å². The van der Waals surface area contributed by atoms with Crippen LogP contribution < -0.4 is 10.6 Å².